The van der Waals surface area contributed by atoms with Crippen LogP contribution in [0.25, 0.3) is 0 Å². The van der Waals surface area contributed by atoms with Gasteiger partial charge < -0.3 is 5.11 Å². The number of nitriles is 1. The van der Waals surface area contributed by atoms with Gasteiger partial charge in [0.1, 0.15) is 11.9 Å². The lowest BCUT2D eigenvalue weighted by molar-refractivity contribution is 0.0284. The molecule has 4 heteroatoms. The highest BCUT2D eigenvalue weighted by Crippen LogP contribution is 2.24. The Kier molecular flexibility index (Phi) is 4.52. The Bertz CT molecular complexity index is 484. The Morgan fingerprint density at radius 1 is 1.42 bits per heavy atom. The molecule has 1 N–H and O–H groups in total. The van der Waals surface area contributed by atoms with Crippen molar-refractivity contribution in [2.24, 2.45) is 0 Å². The summed E-state index contributed by atoms with van der Waals surface area (Å²) in [6, 6.07) is 6.81. The molecule has 0 saturated heterocycles. The van der Waals surface area contributed by atoms with Gasteiger partial charge in [0.25, 0.3) is 0 Å². The van der Waals surface area contributed by atoms with Crippen molar-refractivity contribution in [1.82, 2.24) is 4.90 Å². The molecule has 2 rings (SSSR count). The van der Waals surface area contributed by atoms with Gasteiger partial charge in [-0.3, -0.25) is 4.90 Å². The van der Waals surface area contributed by atoms with E-state index in [9.17, 15) is 9.50 Å². The lowest BCUT2D eigenvalue weighted by Crippen LogP contribution is -2.43. The fourth-order valence-electron chi connectivity index (χ4n) is 2.78. The van der Waals surface area contributed by atoms with Gasteiger partial charge in [-0.2, -0.15) is 5.26 Å². The van der Waals surface area contributed by atoms with Crippen molar-refractivity contribution in [3.63, 3.8) is 0 Å². The van der Waals surface area contributed by atoms with Crippen LogP contribution in [-0.4, -0.2) is 29.2 Å². The highest BCUT2D eigenvalue weighted by atomic mass is 19.1. The average Bonchev–Trinajstić information content (AvgIpc) is 2.41. The summed E-state index contributed by atoms with van der Waals surface area (Å²) in [5.41, 5.74) is 0.592. The molecule has 1 aliphatic carbocycles. The van der Waals surface area contributed by atoms with E-state index in [4.69, 9.17) is 5.26 Å². The van der Waals surface area contributed by atoms with Crippen molar-refractivity contribution in [1.29, 1.82) is 5.26 Å². The standard InChI is InChI=1S/C15H19FN2O/c1-18(13-7-2-3-8-14(13)19)10-12-6-4-5-11(9-17)15(12)16/h4-6,13-14,19H,2-3,7-8,10H2,1H3. The highest BCUT2D eigenvalue weighted by molar-refractivity contribution is 5.34. The molecule has 1 aromatic rings. The number of hydrogen-bond acceptors (Lipinski definition) is 3. The maximum absolute atomic E-state index is 14.0. The van der Waals surface area contributed by atoms with Crippen LogP contribution in [0.2, 0.25) is 0 Å². The molecule has 1 aliphatic rings. The minimum atomic E-state index is -0.442. The molecular weight excluding hydrogens is 243 g/mol. The Labute approximate surface area is 113 Å². The number of aliphatic hydroxyl groups excluding tert-OH is 1. The van der Waals surface area contributed by atoms with Gasteiger partial charge in [0.05, 0.1) is 11.7 Å². The molecule has 19 heavy (non-hydrogen) atoms. The summed E-state index contributed by atoms with van der Waals surface area (Å²) in [6.45, 7) is 0.420. The van der Waals surface area contributed by atoms with E-state index in [-0.39, 0.29) is 17.7 Å². The Balaban J connectivity index is 2.10. The van der Waals surface area contributed by atoms with Crippen LogP contribution in [0.1, 0.15) is 36.8 Å². The maximum Gasteiger partial charge on any atom is 0.145 e. The lowest BCUT2D eigenvalue weighted by atomic mass is 9.91. The minimum Gasteiger partial charge on any atom is -0.391 e. The second kappa shape index (κ2) is 6.14. The van der Waals surface area contributed by atoms with Gasteiger partial charge in [-0.15, -0.1) is 0 Å². The maximum atomic E-state index is 14.0. The van der Waals surface area contributed by atoms with Crippen LogP contribution >= 0.6 is 0 Å². The molecule has 0 spiro atoms. The molecule has 1 fully saturated rings. The lowest BCUT2D eigenvalue weighted by Gasteiger charge is -2.35. The van der Waals surface area contributed by atoms with E-state index in [2.05, 4.69) is 0 Å². The summed E-state index contributed by atoms with van der Waals surface area (Å²) in [7, 11) is 1.90. The van der Waals surface area contributed by atoms with Crippen LogP contribution in [0, 0.1) is 17.1 Å². The summed E-state index contributed by atoms with van der Waals surface area (Å²) < 4.78 is 14.0. The Morgan fingerprint density at radius 2 is 2.16 bits per heavy atom. The van der Waals surface area contributed by atoms with Crippen molar-refractivity contribution in [3.05, 3.63) is 35.1 Å². The average molecular weight is 262 g/mol. The zero-order valence-corrected chi connectivity index (χ0v) is 11.1. The number of aliphatic hydroxyl groups is 1. The van der Waals surface area contributed by atoms with Crippen LogP contribution in [-0.2, 0) is 6.54 Å². The fourth-order valence-corrected chi connectivity index (χ4v) is 2.78. The Hall–Kier alpha value is -1.44. The van der Waals surface area contributed by atoms with E-state index in [0.717, 1.165) is 25.7 Å². The quantitative estimate of drug-likeness (QED) is 0.910. The van der Waals surface area contributed by atoms with E-state index < -0.39 is 5.82 Å². The molecule has 0 radical (unpaired) electrons. The first-order valence-electron chi connectivity index (χ1n) is 6.69. The second-order valence-corrected chi connectivity index (χ2v) is 5.22. The molecule has 102 valence electrons. The van der Waals surface area contributed by atoms with Crippen LogP contribution in [0.4, 0.5) is 4.39 Å². The van der Waals surface area contributed by atoms with Crippen molar-refractivity contribution < 1.29 is 9.50 Å². The largest absolute Gasteiger partial charge is 0.391 e. The molecule has 0 aliphatic heterocycles. The van der Waals surface area contributed by atoms with Gasteiger partial charge in [-0.25, -0.2) is 4.39 Å². The molecular formula is C15H19FN2O. The first-order chi connectivity index (χ1) is 9.13. The molecule has 1 saturated carbocycles. The summed E-state index contributed by atoms with van der Waals surface area (Å²) in [5, 5.41) is 18.8. The zero-order valence-electron chi connectivity index (χ0n) is 11.1. The topological polar surface area (TPSA) is 47.3 Å². The van der Waals surface area contributed by atoms with Crippen molar-refractivity contribution in [2.75, 3.05) is 7.05 Å². The number of hydrogen-bond donors (Lipinski definition) is 1. The number of benzene rings is 1. The Morgan fingerprint density at radius 3 is 2.84 bits per heavy atom. The molecule has 3 nitrogen and oxygen atoms in total. The fraction of sp³-hybridized carbons (Fsp3) is 0.533. The third-order valence-electron chi connectivity index (χ3n) is 3.88. The third kappa shape index (κ3) is 3.12. The number of nitrogens with zero attached hydrogens (tertiary/aromatic N) is 2. The number of rotatable bonds is 3. The SMILES string of the molecule is CN(Cc1cccc(C#N)c1F)C1CCCCC1O. The van der Waals surface area contributed by atoms with E-state index >= 15 is 0 Å². The predicted octanol–water partition coefficient (Wildman–Crippen LogP) is 2.43. The van der Waals surface area contributed by atoms with E-state index in [1.807, 2.05) is 18.0 Å². The minimum absolute atomic E-state index is 0.0788. The summed E-state index contributed by atoms with van der Waals surface area (Å²) >= 11 is 0. The van der Waals surface area contributed by atoms with Crippen LogP contribution in [0.15, 0.2) is 18.2 Å². The monoisotopic (exact) mass is 262 g/mol. The molecule has 2 atom stereocenters. The molecule has 0 heterocycles. The van der Waals surface area contributed by atoms with Gasteiger partial charge in [0, 0.05) is 18.2 Å². The van der Waals surface area contributed by atoms with E-state index in [1.165, 1.54) is 6.07 Å². The predicted molar refractivity (Wildman–Crippen MR) is 70.8 cm³/mol. The second-order valence-electron chi connectivity index (χ2n) is 5.22. The van der Waals surface area contributed by atoms with Gasteiger partial charge in [-0.05, 0) is 26.0 Å². The van der Waals surface area contributed by atoms with Crippen LogP contribution in [0.5, 0.6) is 0 Å². The third-order valence-corrected chi connectivity index (χ3v) is 3.88. The molecule has 0 amide bonds. The van der Waals surface area contributed by atoms with Crippen LogP contribution < -0.4 is 0 Å². The summed E-state index contributed by atoms with van der Waals surface area (Å²) in [5.74, 6) is -0.442. The first-order valence-corrected chi connectivity index (χ1v) is 6.69. The first kappa shape index (κ1) is 14.0. The van der Waals surface area contributed by atoms with Crippen molar-refractivity contribution in [2.45, 2.75) is 44.4 Å². The number of halogens is 1. The zero-order chi connectivity index (χ0) is 13.8. The van der Waals surface area contributed by atoms with Gasteiger partial charge in [-0.1, -0.05) is 25.0 Å². The molecule has 0 bridgehead atoms. The van der Waals surface area contributed by atoms with Gasteiger partial charge >= 0.3 is 0 Å². The van der Waals surface area contributed by atoms with Gasteiger partial charge in [0.2, 0.25) is 0 Å². The summed E-state index contributed by atoms with van der Waals surface area (Å²) in [4.78, 5) is 1.99. The van der Waals surface area contributed by atoms with Crippen molar-refractivity contribution in [3.8, 4) is 6.07 Å². The van der Waals surface area contributed by atoms with Crippen molar-refractivity contribution >= 4 is 0 Å². The molecule has 1 aromatic carbocycles. The van der Waals surface area contributed by atoms with Gasteiger partial charge in [0.15, 0.2) is 0 Å². The highest BCUT2D eigenvalue weighted by Gasteiger charge is 2.27. The normalized spacial score (nSPS) is 23.3. The van der Waals surface area contributed by atoms with E-state index in [1.54, 1.807) is 12.1 Å². The number of likely N-dealkylation sites (N-methyl/N-ethyl adjacent to an activating group) is 1. The summed E-state index contributed by atoms with van der Waals surface area (Å²) in [6.07, 6.45) is 3.59. The molecule has 0 aromatic heterocycles. The molecule has 2 unspecified atom stereocenters. The van der Waals surface area contributed by atoms with E-state index in [0.29, 0.717) is 12.1 Å². The van der Waals surface area contributed by atoms with Crippen LogP contribution in [0.3, 0.4) is 0 Å². The smallest absolute Gasteiger partial charge is 0.145 e.